The Labute approximate surface area is 90.1 Å². The molecule has 0 aliphatic carbocycles. The third-order valence-corrected chi connectivity index (χ3v) is 2.89. The van der Waals surface area contributed by atoms with Crippen molar-refractivity contribution in [2.75, 3.05) is 13.7 Å². The zero-order valence-corrected chi connectivity index (χ0v) is 8.94. The van der Waals surface area contributed by atoms with Crippen molar-refractivity contribution in [1.82, 2.24) is 5.32 Å². The topological polar surface area (TPSA) is 41.5 Å². The Morgan fingerprint density at radius 3 is 2.93 bits per heavy atom. The average molecular weight is 207 g/mol. The molecule has 1 aliphatic heterocycles. The first kappa shape index (κ1) is 10.5. The second-order valence-electron chi connectivity index (χ2n) is 3.93. The lowest BCUT2D eigenvalue weighted by atomic mass is 9.95. The Balaban J connectivity index is 2.20. The number of rotatable bonds is 2. The molecule has 2 unspecified atom stereocenters. The summed E-state index contributed by atoms with van der Waals surface area (Å²) in [4.78, 5) is 0. The molecule has 2 atom stereocenters. The van der Waals surface area contributed by atoms with Crippen LogP contribution in [-0.2, 0) is 0 Å². The van der Waals surface area contributed by atoms with Gasteiger partial charge < -0.3 is 15.2 Å². The van der Waals surface area contributed by atoms with E-state index in [0.717, 1.165) is 30.7 Å². The first-order chi connectivity index (χ1) is 7.31. The molecule has 0 spiro atoms. The number of aliphatic hydroxyl groups excluding tert-OH is 1. The largest absolute Gasteiger partial charge is 0.496 e. The molecular weight excluding hydrogens is 190 g/mol. The van der Waals surface area contributed by atoms with Gasteiger partial charge >= 0.3 is 0 Å². The predicted octanol–water partition coefficient (Wildman–Crippen LogP) is 1.48. The molecule has 82 valence electrons. The lowest BCUT2D eigenvalue weighted by molar-refractivity contribution is 0.116. The first-order valence-electron chi connectivity index (χ1n) is 5.35. The van der Waals surface area contributed by atoms with Gasteiger partial charge in [-0.3, -0.25) is 0 Å². The summed E-state index contributed by atoms with van der Waals surface area (Å²) in [7, 11) is 1.68. The van der Waals surface area contributed by atoms with Gasteiger partial charge in [0.2, 0.25) is 0 Å². The molecule has 2 rings (SSSR count). The quantitative estimate of drug-likeness (QED) is 0.772. The molecule has 1 fully saturated rings. The minimum atomic E-state index is -0.193. The van der Waals surface area contributed by atoms with Crippen molar-refractivity contribution in [2.45, 2.75) is 25.0 Å². The number of aliphatic hydroxyl groups is 1. The predicted molar refractivity (Wildman–Crippen MR) is 59.0 cm³/mol. The second kappa shape index (κ2) is 4.64. The Kier molecular flexibility index (Phi) is 3.23. The molecule has 1 saturated heterocycles. The van der Waals surface area contributed by atoms with Crippen LogP contribution in [0.5, 0.6) is 5.75 Å². The lowest BCUT2D eigenvalue weighted by Gasteiger charge is -2.28. The van der Waals surface area contributed by atoms with Crippen LogP contribution < -0.4 is 10.1 Å². The van der Waals surface area contributed by atoms with Gasteiger partial charge in [-0.25, -0.2) is 0 Å². The van der Waals surface area contributed by atoms with Crippen LogP contribution in [0.25, 0.3) is 0 Å². The van der Waals surface area contributed by atoms with Crippen molar-refractivity contribution in [1.29, 1.82) is 0 Å². The van der Waals surface area contributed by atoms with Crippen molar-refractivity contribution in [2.24, 2.45) is 0 Å². The fraction of sp³-hybridized carbons (Fsp3) is 0.500. The van der Waals surface area contributed by atoms with Crippen molar-refractivity contribution in [3.8, 4) is 5.75 Å². The van der Waals surface area contributed by atoms with E-state index in [2.05, 4.69) is 11.4 Å². The summed E-state index contributed by atoms with van der Waals surface area (Å²) in [5.74, 6) is 0.893. The van der Waals surface area contributed by atoms with E-state index in [-0.39, 0.29) is 12.1 Å². The van der Waals surface area contributed by atoms with E-state index in [1.807, 2.05) is 18.2 Å². The molecule has 0 bridgehead atoms. The maximum Gasteiger partial charge on any atom is 0.123 e. The number of nitrogens with one attached hydrogen (secondary N) is 1. The Hall–Kier alpha value is -1.06. The molecule has 0 aromatic heterocycles. The third-order valence-electron chi connectivity index (χ3n) is 2.89. The van der Waals surface area contributed by atoms with Crippen LogP contribution in [0.15, 0.2) is 24.3 Å². The van der Waals surface area contributed by atoms with E-state index < -0.39 is 0 Å². The van der Waals surface area contributed by atoms with E-state index in [1.165, 1.54) is 0 Å². The first-order valence-corrected chi connectivity index (χ1v) is 5.35. The van der Waals surface area contributed by atoms with Crippen LogP contribution in [0.2, 0.25) is 0 Å². The van der Waals surface area contributed by atoms with Gasteiger partial charge in [0, 0.05) is 11.6 Å². The minimum absolute atomic E-state index is 0.193. The van der Waals surface area contributed by atoms with Gasteiger partial charge in [0.15, 0.2) is 0 Å². The van der Waals surface area contributed by atoms with Crippen LogP contribution in [0.4, 0.5) is 0 Å². The van der Waals surface area contributed by atoms with Gasteiger partial charge in [-0.2, -0.15) is 0 Å². The summed E-state index contributed by atoms with van der Waals surface area (Å²) in [6.45, 7) is 0.865. The Bertz CT molecular complexity index is 327. The van der Waals surface area contributed by atoms with Gasteiger partial charge in [0.1, 0.15) is 5.75 Å². The number of piperidine rings is 1. The summed E-state index contributed by atoms with van der Waals surface area (Å²) in [6, 6.07) is 8.18. The van der Waals surface area contributed by atoms with Gasteiger partial charge in [-0.1, -0.05) is 18.2 Å². The van der Waals surface area contributed by atoms with Gasteiger partial charge in [0.25, 0.3) is 0 Å². The fourth-order valence-corrected chi connectivity index (χ4v) is 2.09. The van der Waals surface area contributed by atoms with E-state index in [9.17, 15) is 5.11 Å². The van der Waals surface area contributed by atoms with Crippen LogP contribution >= 0.6 is 0 Å². The van der Waals surface area contributed by atoms with Crippen LogP contribution in [0.1, 0.15) is 24.4 Å². The van der Waals surface area contributed by atoms with Crippen molar-refractivity contribution < 1.29 is 9.84 Å². The molecule has 1 heterocycles. The molecule has 3 nitrogen and oxygen atoms in total. The summed E-state index contributed by atoms with van der Waals surface area (Å²) in [5.41, 5.74) is 1.14. The molecule has 1 aliphatic rings. The Morgan fingerprint density at radius 2 is 2.20 bits per heavy atom. The van der Waals surface area contributed by atoms with E-state index >= 15 is 0 Å². The zero-order chi connectivity index (χ0) is 10.7. The average Bonchev–Trinajstić information content (AvgIpc) is 2.29. The monoisotopic (exact) mass is 207 g/mol. The molecule has 15 heavy (non-hydrogen) atoms. The number of hydrogen-bond donors (Lipinski definition) is 2. The highest BCUT2D eigenvalue weighted by atomic mass is 16.5. The van der Waals surface area contributed by atoms with Gasteiger partial charge in [0.05, 0.1) is 13.2 Å². The van der Waals surface area contributed by atoms with Crippen molar-refractivity contribution in [3.05, 3.63) is 29.8 Å². The van der Waals surface area contributed by atoms with Gasteiger partial charge in [-0.15, -0.1) is 0 Å². The highest BCUT2D eigenvalue weighted by Crippen LogP contribution is 2.30. The maximum atomic E-state index is 9.62. The fourth-order valence-electron chi connectivity index (χ4n) is 2.09. The minimum Gasteiger partial charge on any atom is -0.496 e. The number of hydrogen-bond acceptors (Lipinski definition) is 3. The summed E-state index contributed by atoms with van der Waals surface area (Å²) >= 11 is 0. The summed E-state index contributed by atoms with van der Waals surface area (Å²) in [5, 5.41) is 13.0. The second-order valence-corrected chi connectivity index (χ2v) is 3.93. The zero-order valence-electron chi connectivity index (χ0n) is 8.94. The van der Waals surface area contributed by atoms with Gasteiger partial charge in [-0.05, 0) is 25.5 Å². The lowest BCUT2D eigenvalue weighted by Crippen LogP contribution is -2.34. The maximum absolute atomic E-state index is 9.62. The Morgan fingerprint density at radius 1 is 1.40 bits per heavy atom. The SMILES string of the molecule is COc1ccccc1C1CC(O)CCN1. The highest BCUT2D eigenvalue weighted by Gasteiger charge is 2.22. The van der Waals surface area contributed by atoms with E-state index in [0.29, 0.717) is 0 Å². The summed E-state index contributed by atoms with van der Waals surface area (Å²) in [6.07, 6.45) is 1.41. The molecule has 0 radical (unpaired) electrons. The third kappa shape index (κ3) is 2.30. The normalized spacial score (nSPS) is 26.3. The van der Waals surface area contributed by atoms with Crippen LogP contribution in [0.3, 0.4) is 0 Å². The van der Waals surface area contributed by atoms with E-state index in [1.54, 1.807) is 7.11 Å². The van der Waals surface area contributed by atoms with Crippen molar-refractivity contribution >= 4 is 0 Å². The van der Waals surface area contributed by atoms with Crippen LogP contribution in [0, 0.1) is 0 Å². The van der Waals surface area contributed by atoms with Crippen molar-refractivity contribution in [3.63, 3.8) is 0 Å². The summed E-state index contributed by atoms with van der Waals surface area (Å²) < 4.78 is 5.31. The standard InChI is InChI=1S/C12H17NO2/c1-15-12-5-3-2-4-10(12)11-8-9(14)6-7-13-11/h2-5,9,11,13-14H,6-8H2,1H3. The number of para-hydroxylation sites is 1. The molecular formula is C12H17NO2. The highest BCUT2D eigenvalue weighted by molar-refractivity contribution is 5.36. The molecule has 3 heteroatoms. The molecule has 1 aromatic carbocycles. The smallest absolute Gasteiger partial charge is 0.123 e. The molecule has 1 aromatic rings. The number of benzene rings is 1. The number of methoxy groups -OCH3 is 1. The van der Waals surface area contributed by atoms with Crippen LogP contribution in [-0.4, -0.2) is 24.9 Å². The van der Waals surface area contributed by atoms with E-state index in [4.69, 9.17) is 4.74 Å². The molecule has 0 amide bonds. The molecule has 0 saturated carbocycles. The molecule has 2 N–H and O–H groups in total. The number of ether oxygens (including phenoxy) is 1.